The van der Waals surface area contributed by atoms with Gasteiger partial charge in [0.1, 0.15) is 0 Å². The monoisotopic (exact) mass is 233 g/mol. The molecule has 0 spiro atoms. The molecule has 0 fully saturated rings. The first kappa shape index (κ1) is 9.23. The maximum absolute atomic E-state index is 5.64. The van der Waals surface area contributed by atoms with Gasteiger partial charge >= 0.3 is 0 Å². The van der Waals surface area contributed by atoms with Gasteiger partial charge in [0.05, 0.1) is 0 Å². The molecule has 1 nitrogen and oxygen atoms in total. The molecule has 2 N–H and O–H groups in total. The van der Waals surface area contributed by atoms with Crippen LogP contribution in [0.25, 0.3) is 0 Å². The Morgan fingerprint density at radius 2 is 2.45 bits per heavy atom. The molecule has 1 aromatic heterocycles. The fourth-order valence-corrected chi connectivity index (χ4v) is 2.33. The second-order valence-electron chi connectivity index (χ2n) is 2.75. The van der Waals surface area contributed by atoms with Gasteiger partial charge in [0.15, 0.2) is 0 Å². The fraction of sp³-hybridized carbons (Fsp3) is 0.500. The summed E-state index contributed by atoms with van der Waals surface area (Å²) in [6.07, 6.45) is 2.18. The number of thiophene rings is 1. The van der Waals surface area contributed by atoms with Gasteiger partial charge in [-0.2, -0.15) is 0 Å². The number of hydrogen-bond donors (Lipinski definition) is 1. The van der Waals surface area contributed by atoms with Gasteiger partial charge in [0.2, 0.25) is 0 Å². The van der Waals surface area contributed by atoms with E-state index in [1.807, 2.05) is 6.92 Å². The first-order valence-electron chi connectivity index (χ1n) is 3.67. The van der Waals surface area contributed by atoms with E-state index in [2.05, 4.69) is 27.4 Å². The van der Waals surface area contributed by atoms with Crippen molar-refractivity contribution in [3.05, 3.63) is 20.8 Å². The summed E-state index contributed by atoms with van der Waals surface area (Å²) in [4.78, 5) is 1.41. The summed E-state index contributed by atoms with van der Waals surface area (Å²) >= 11 is 5.21. The van der Waals surface area contributed by atoms with Crippen molar-refractivity contribution in [1.29, 1.82) is 0 Å². The zero-order valence-electron chi connectivity index (χ0n) is 6.51. The molecule has 1 aromatic rings. The molecule has 11 heavy (non-hydrogen) atoms. The molecular weight excluding hydrogens is 222 g/mol. The quantitative estimate of drug-likeness (QED) is 0.855. The summed E-state index contributed by atoms with van der Waals surface area (Å²) in [6.45, 7) is 2.04. The van der Waals surface area contributed by atoms with Crippen LogP contribution in [0, 0.1) is 0 Å². The van der Waals surface area contributed by atoms with Gasteiger partial charge in [-0.3, -0.25) is 0 Å². The highest BCUT2D eigenvalue weighted by Gasteiger charge is 1.99. The molecular formula is C8H12BrNS. The van der Waals surface area contributed by atoms with Crippen molar-refractivity contribution in [3.8, 4) is 0 Å². The van der Waals surface area contributed by atoms with Gasteiger partial charge in [-0.1, -0.05) is 0 Å². The molecule has 1 unspecified atom stereocenters. The van der Waals surface area contributed by atoms with Crippen molar-refractivity contribution >= 4 is 27.3 Å². The smallest absolute Gasteiger partial charge is 0.0285 e. The Kier molecular flexibility index (Phi) is 3.55. The van der Waals surface area contributed by atoms with Crippen LogP contribution in [0.4, 0.5) is 0 Å². The lowest BCUT2D eigenvalue weighted by Gasteiger charge is -2.01. The molecule has 0 aromatic carbocycles. The molecule has 0 amide bonds. The Hall–Kier alpha value is 0.140. The SMILES string of the molecule is CC(N)CCc1cc(Br)cs1. The van der Waals surface area contributed by atoms with Gasteiger partial charge in [-0.15, -0.1) is 11.3 Å². The molecule has 0 aliphatic rings. The number of hydrogen-bond acceptors (Lipinski definition) is 2. The largest absolute Gasteiger partial charge is 0.328 e. The summed E-state index contributed by atoms with van der Waals surface area (Å²) in [5.41, 5.74) is 5.64. The fourth-order valence-electron chi connectivity index (χ4n) is 0.855. The van der Waals surface area contributed by atoms with Gasteiger partial charge in [0.25, 0.3) is 0 Å². The third kappa shape index (κ3) is 3.36. The van der Waals surface area contributed by atoms with Crippen molar-refractivity contribution in [1.82, 2.24) is 0 Å². The molecule has 0 radical (unpaired) electrons. The first-order chi connectivity index (χ1) is 5.18. The van der Waals surface area contributed by atoms with Crippen LogP contribution < -0.4 is 5.73 Å². The minimum atomic E-state index is 0.316. The van der Waals surface area contributed by atoms with Crippen LogP contribution in [0.1, 0.15) is 18.2 Å². The molecule has 1 heterocycles. The summed E-state index contributed by atoms with van der Waals surface area (Å²) in [7, 11) is 0. The van der Waals surface area contributed by atoms with Crippen molar-refractivity contribution in [3.63, 3.8) is 0 Å². The van der Waals surface area contributed by atoms with E-state index in [0.29, 0.717) is 6.04 Å². The average molecular weight is 234 g/mol. The van der Waals surface area contributed by atoms with Crippen LogP contribution in [0.15, 0.2) is 15.9 Å². The predicted molar refractivity (Wildman–Crippen MR) is 54.0 cm³/mol. The van der Waals surface area contributed by atoms with Crippen LogP contribution in [0.5, 0.6) is 0 Å². The minimum absolute atomic E-state index is 0.316. The molecule has 1 rings (SSSR count). The lowest BCUT2D eigenvalue weighted by atomic mass is 10.2. The molecule has 62 valence electrons. The highest BCUT2D eigenvalue weighted by Crippen LogP contribution is 2.20. The van der Waals surface area contributed by atoms with Crippen LogP contribution in [-0.4, -0.2) is 6.04 Å². The highest BCUT2D eigenvalue weighted by atomic mass is 79.9. The molecule has 0 bridgehead atoms. The number of halogens is 1. The molecule has 0 saturated heterocycles. The Labute approximate surface area is 79.7 Å². The van der Waals surface area contributed by atoms with E-state index in [9.17, 15) is 0 Å². The lowest BCUT2D eigenvalue weighted by molar-refractivity contribution is 0.670. The summed E-state index contributed by atoms with van der Waals surface area (Å²) < 4.78 is 1.18. The predicted octanol–water partition coefficient (Wildman–Crippen LogP) is 2.79. The zero-order chi connectivity index (χ0) is 8.27. The van der Waals surface area contributed by atoms with E-state index in [0.717, 1.165) is 12.8 Å². The summed E-state index contributed by atoms with van der Waals surface area (Å²) in [5.74, 6) is 0. The van der Waals surface area contributed by atoms with Crippen molar-refractivity contribution in [2.24, 2.45) is 5.73 Å². The van der Waals surface area contributed by atoms with Gasteiger partial charge in [-0.05, 0) is 41.8 Å². The van der Waals surface area contributed by atoms with E-state index in [1.54, 1.807) is 11.3 Å². The van der Waals surface area contributed by atoms with Gasteiger partial charge in [-0.25, -0.2) is 0 Å². The highest BCUT2D eigenvalue weighted by molar-refractivity contribution is 9.10. The minimum Gasteiger partial charge on any atom is -0.328 e. The third-order valence-electron chi connectivity index (χ3n) is 1.47. The maximum Gasteiger partial charge on any atom is 0.0285 e. The number of rotatable bonds is 3. The van der Waals surface area contributed by atoms with Crippen molar-refractivity contribution in [2.75, 3.05) is 0 Å². The third-order valence-corrected chi connectivity index (χ3v) is 3.23. The van der Waals surface area contributed by atoms with Crippen LogP contribution in [-0.2, 0) is 6.42 Å². The first-order valence-corrected chi connectivity index (χ1v) is 5.34. The van der Waals surface area contributed by atoms with Crippen molar-refractivity contribution < 1.29 is 0 Å². The van der Waals surface area contributed by atoms with E-state index in [-0.39, 0.29) is 0 Å². The Balaban J connectivity index is 2.39. The summed E-state index contributed by atoms with van der Waals surface area (Å²) in [5, 5.41) is 2.11. The Morgan fingerprint density at radius 3 is 2.91 bits per heavy atom. The Bertz CT molecular complexity index is 220. The number of aryl methyl sites for hydroxylation is 1. The maximum atomic E-state index is 5.64. The van der Waals surface area contributed by atoms with E-state index in [1.165, 1.54) is 9.35 Å². The molecule has 0 aliphatic heterocycles. The van der Waals surface area contributed by atoms with Gasteiger partial charge in [0, 0.05) is 20.8 Å². The topological polar surface area (TPSA) is 26.0 Å². The Morgan fingerprint density at radius 1 is 1.73 bits per heavy atom. The van der Waals surface area contributed by atoms with E-state index >= 15 is 0 Å². The number of nitrogens with two attached hydrogens (primary N) is 1. The molecule has 0 aliphatic carbocycles. The normalized spacial score (nSPS) is 13.4. The van der Waals surface area contributed by atoms with E-state index < -0.39 is 0 Å². The standard InChI is InChI=1S/C8H12BrNS/c1-6(10)2-3-8-4-7(9)5-11-8/h4-6H,2-3,10H2,1H3. The molecule has 1 atom stereocenters. The van der Waals surface area contributed by atoms with Crippen LogP contribution in [0.2, 0.25) is 0 Å². The van der Waals surface area contributed by atoms with Crippen molar-refractivity contribution in [2.45, 2.75) is 25.8 Å². The van der Waals surface area contributed by atoms with Crippen LogP contribution >= 0.6 is 27.3 Å². The molecule has 0 saturated carbocycles. The zero-order valence-corrected chi connectivity index (χ0v) is 8.91. The summed E-state index contributed by atoms with van der Waals surface area (Å²) in [6, 6.07) is 2.48. The molecule has 3 heteroatoms. The second-order valence-corrected chi connectivity index (χ2v) is 4.66. The van der Waals surface area contributed by atoms with Gasteiger partial charge < -0.3 is 5.73 Å². The van der Waals surface area contributed by atoms with E-state index in [4.69, 9.17) is 5.73 Å². The van der Waals surface area contributed by atoms with Crippen LogP contribution in [0.3, 0.4) is 0 Å². The average Bonchev–Trinajstić information content (AvgIpc) is 2.31. The lowest BCUT2D eigenvalue weighted by Crippen LogP contribution is -2.14. The second kappa shape index (κ2) is 4.24.